The van der Waals surface area contributed by atoms with Gasteiger partial charge in [0.2, 0.25) is 11.8 Å². The Morgan fingerprint density at radius 1 is 1.32 bits per heavy atom. The number of rotatable bonds is 5. The molecule has 1 N–H and O–H groups in total. The van der Waals surface area contributed by atoms with Crippen LogP contribution < -0.4 is 5.32 Å². The van der Waals surface area contributed by atoms with E-state index in [1.54, 1.807) is 0 Å². The first-order valence-electron chi connectivity index (χ1n) is 7.50. The fraction of sp³-hybridized carbons (Fsp3) is 0.867. The van der Waals surface area contributed by atoms with E-state index < -0.39 is 0 Å². The molecule has 4 nitrogen and oxygen atoms in total. The molecule has 0 aliphatic carbocycles. The second kappa shape index (κ2) is 6.40. The summed E-state index contributed by atoms with van der Waals surface area (Å²) in [7, 11) is 0. The second-order valence-electron chi connectivity index (χ2n) is 5.87. The van der Waals surface area contributed by atoms with E-state index in [1.807, 2.05) is 11.8 Å². The Morgan fingerprint density at radius 2 is 1.89 bits per heavy atom. The molecule has 19 heavy (non-hydrogen) atoms. The summed E-state index contributed by atoms with van der Waals surface area (Å²) in [6, 6.07) is -0.363. The van der Waals surface area contributed by atoms with E-state index in [4.69, 9.17) is 0 Å². The fourth-order valence-corrected chi connectivity index (χ4v) is 2.59. The van der Waals surface area contributed by atoms with Gasteiger partial charge in [0.15, 0.2) is 0 Å². The smallest absolute Gasteiger partial charge is 0.245 e. The van der Waals surface area contributed by atoms with Crippen molar-refractivity contribution in [1.29, 1.82) is 0 Å². The first-order valence-corrected chi connectivity index (χ1v) is 7.50. The van der Waals surface area contributed by atoms with Gasteiger partial charge in [-0.15, -0.1) is 0 Å². The number of nitrogens with one attached hydrogen (secondary N) is 1. The maximum absolute atomic E-state index is 12.8. The third-order valence-corrected chi connectivity index (χ3v) is 4.80. The highest BCUT2D eigenvalue weighted by Gasteiger charge is 2.40. The minimum atomic E-state index is -0.363. The van der Waals surface area contributed by atoms with E-state index in [2.05, 4.69) is 33.0 Å². The van der Waals surface area contributed by atoms with Crippen molar-refractivity contribution in [3.05, 3.63) is 0 Å². The van der Waals surface area contributed by atoms with Gasteiger partial charge in [0.1, 0.15) is 6.04 Å². The zero-order chi connectivity index (χ0) is 14.6. The molecule has 0 spiro atoms. The Bertz CT molecular complexity index is 337. The largest absolute Gasteiger partial charge is 0.344 e. The SMILES string of the molecule is CCC(C)C1NC(=O)CCN(C(C)(CC)CC)C1=O. The molecule has 1 rings (SSSR count). The lowest BCUT2D eigenvalue weighted by atomic mass is 9.90. The molecule has 1 saturated heterocycles. The highest BCUT2D eigenvalue weighted by atomic mass is 16.2. The van der Waals surface area contributed by atoms with Gasteiger partial charge in [-0.1, -0.05) is 34.1 Å². The van der Waals surface area contributed by atoms with Crippen LogP contribution in [0.1, 0.15) is 60.3 Å². The standard InChI is InChI=1S/C15H28N2O2/c1-6-11(4)13-14(19)17(10-9-12(18)16-13)15(5,7-2)8-3/h11,13H,6-10H2,1-5H3,(H,16,18). The highest BCUT2D eigenvalue weighted by Crippen LogP contribution is 2.27. The lowest BCUT2D eigenvalue weighted by Crippen LogP contribution is -2.55. The van der Waals surface area contributed by atoms with Crippen molar-refractivity contribution in [2.75, 3.05) is 6.54 Å². The predicted molar refractivity (Wildman–Crippen MR) is 76.7 cm³/mol. The zero-order valence-corrected chi connectivity index (χ0v) is 13.0. The van der Waals surface area contributed by atoms with E-state index in [0.717, 1.165) is 19.3 Å². The summed E-state index contributed by atoms with van der Waals surface area (Å²) < 4.78 is 0. The molecule has 2 amide bonds. The van der Waals surface area contributed by atoms with Gasteiger partial charge in [-0.3, -0.25) is 9.59 Å². The number of hydrogen-bond acceptors (Lipinski definition) is 2. The minimum absolute atomic E-state index is 0.00398. The molecule has 0 radical (unpaired) electrons. The first-order chi connectivity index (χ1) is 8.89. The number of hydrogen-bond donors (Lipinski definition) is 1. The van der Waals surface area contributed by atoms with E-state index in [1.165, 1.54) is 0 Å². The van der Waals surface area contributed by atoms with Crippen LogP contribution in [-0.4, -0.2) is 34.8 Å². The van der Waals surface area contributed by atoms with Crippen LogP contribution in [-0.2, 0) is 9.59 Å². The molecule has 2 atom stereocenters. The van der Waals surface area contributed by atoms with Gasteiger partial charge in [0, 0.05) is 18.5 Å². The summed E-state index contributed by atoms with van der Waals surface area (Å²) in [5.41, 5.74) is -0.144. The normalized spacial score (nSPS) is 23.0. The molecule has 1 aliphatic rings. The van der Waals surface area contributed by atoms with Crippen LogP contribution in [0.4, 0.5) is 0 Å². The quantitative estimate of drug-likeness (QED) is 0.832. The van der Waals surface area contributed by atoms with E-state index in [9.17, 15) is 9.59 Å². The number of amides is 2. The van der Waals surface area contributed by atoms with Crippen molar-refractivity contribution < 1.29 is 9.59 Å². The number of nitrogens with zero attached hydrogens (tertiary/aromatic N) is 1. The number of carbonyl (C=O) groups excluding carboxylic acids is 2. The molecule has 0 aromatic rings. The van der Waals surface area contributed by atoms with Gasteiger partial charge in [-0.2, -0.15) is 0 Å². The third-order valence-electron chi connectivity index (χ3n) is 4.80. The molecule has 1 aliphatic heterocycles. The van der Waals surface area contributed by atoms with Crippen LogP contribution in [0.25, 0.3) is 0 Å². The molecular weight excluding hydrogens is 240 g/mol. The Balaban J connectivity index is 3.05. The van der Waals surface area contributed by atoms with Crippen molar-refractivity contribution in [2.24, 2.45) is 5.92 Å². The van der Waals surface area contributed by atoms with Crippen LogP contribution in [0.2, 0.25) is 0 Å². The van der Waals surface area contributed by atoms with Crippen molar-refractivity contribution >= 4 is 11.8 Å². The second-order valence-corrected chi connectivity index (χ2v) is 5.87. The summed E-state index contributed by atoms with van der Waals surface area (Å²) in [4.78, 5) is 26.5. The van der Waals surface area contributed by atoms with Crippen LogP contribution in [0.5, 0.6) is 0 Å². The molecule has 2 unspecified atom stereocenters. The monoisotopic (exact) mass is 268 g/mol. The molecule has 1 fully saturated rings. The van der Waals surface area contributed by atoms with Crippen LogP contribution >= 0.6 is 0 Å². The van der Waals surface area contributed by atoms with Crippen LogP contribution in [0, 0.1) is 5.92 Å². The molecule has 0 aromatic carbocycles. The van der Waals surface area contributed by atoms with Gasteiger partial charge in [0.25, 0.3) is 0 Å². The third kappa shape index (κ3) is 3.28. The van der Waals surface area contributed by atoms with Gasteiger partial charge in [-0.25, -0.2) is 0 Å². The molecule has 0 aromatic heterocycles. The van der Waals surface area contributed by atoms with Crippen molar-refractivity contribution in [1.82, 2.24) is 10.2 Å². The zero-order valence-electron chi connectivity index (χ0n) is 13.0. The van der Waals surface area contributed by atoms with Crippen LogP contribution in [0.3, 0.4) is 0 Å². The lowest BCUT2D eigenvalue weighted by Gasteiger charge is -2.41. The highest BCUT2D eigenvalue weighted by molar-refractivity contribution is 5.90. The predicted octanol–water partition coefficient (Wildman–Crippen LogP) is 2.33. The Morgan fingerprint density at radius 3 is 2.37 bits per heavy atom. The summed E-state index contributed by atoms with van der Waals surface area (Å²) in [6.45, 7) is 11.0. The molecule has 0 saturated carbocycles. The van der Waals surface area contributed by atoms with Gasteiger partial charge in [0.05, 0.1) is 0 Å². The van der Waals surface area contributed by atoms with Crippen molar-refractivity contribution in [3.8, 4) is 0 Å². The molecule has 1 heterocycles. The Labute approximate surface area is 116 Å². The number of carbonyl (C=O) groups is 2. The fourth-order valence-electron chi connectivity index (χ4n) is 2.59. The maximum Gasteiger partial charge on any atom is 0.245 e. The summed E-state index contributed by atoms with van der Waals surface area (Å²) in [5, 5.41) is 2.90. The Hall–Kier alpha value is -1.06. The van der Waals surface area contributed by atoms with E-state index >= 15 is 0 Å². The van der Waals surface area contributed by atoms with Crippen molar-refractivity contribution in [3.63, 3.8) is 0 Å². The Kier molecular flexibility index (Phi) is 5.39. The first kappa shape index (κ1) is 16.0. The minimum Gasteiger partial charge on any atom is -0.344 e. The maximum atomic E-state index is 12.8. The lowest BCUT2D eigenvalue weighted by molar-refractivity contribution is -0.140. The molecule has 110 valence electrons. The van der Waals surface area contributed by atoms with Gasteiger partial charge >= 0.3 is 0 Å². The van der Waals surface area contributed by atoms with Crippen LogP contribution in [0.15, 0.2) is 0 Å². The van der Waals surface area contributed by atoms with Gasteiger partial charge < -0.3 is 10.2 Å². The summed E-state index contributed by atoms with van der Waals surface area (Å²) in [5.74, 6) is 0.261. The average molecular weight is 268 g/mol. The average Bonchev–Trinajstić information content (AvgIpc) is 2.57. The molecule has 4 heteroatoms. The molecular formula is C15H28N2O2. The summed E-state index contributed by atoms with van der Waals surface area (Å²) in [6.07, 6.45) is 3.13. The van der Waals surface area contributed by atoms with E-state index in [0.29, 0.717) is 13.0 Å². The molecule has 0 bridgehead atoms. The topological polar surface area (TPSA) is 49.4 Å². The van der Waals surface area contributed by atoms with E-state index in [-0.39, 0.29) is 29.3 Å². The van der Waals surface area contributed by atoms with Crippen molar-refractivity contribution in [2.45, 2.75) is 71.9 Å². The van der Waals surface area contributed by atoms with Gasteiger partial charge in [-0.05, 0) is 25.7 Å². The summed E-state index contributed by atoms with van der Waals surface area (Å²) >= 11 is 0.